The van der Waals surface area contributed by atoms with Crippen molar-refractivity contribution in [3.63, 3.8) is 0 Å². The lowest BCUT2D eigenvalue weighted by Crippen LogP contribution is -2.24. The molecule has 1 amide bonds. The molecule has 0 atom stereocenters. The van der Waals surface area contributed by atoms with Gasteiger partial charge in [0.1, 0.15) is 18.1 Å². The number of ether oxygens (including phenoxy) is 2. The summed E-state index contributed by atoms with van der Waals surface area (Å²) in [5.74, 6) is -0.226. The van der Waals surface area contributed by atoms with Gasteiger partial charge in [-0.15, -0.1) is 13.2 Å². The topological polar surface area (TPSA) is 60.5 Å². The average Bonchev–Trinajstić information content (AvgIpc) is 2.68. The summed E-state index contributed by atoms with van der Waals surface area (Å²) in [6.45, 7) is 0.746. The molecule has 8 heteroatoms. The second-order valence-corrected chi connectivity index (χ2v) is 4.74. The number of carbonyl (C=O) groups excluding carboxylic acids is 1. The number of hydrogen-bond donors (Lipinski definition) is 1. The second kappa shape index (κ2) is 5.79. The maximum absolute atomic E-state index is 12.1. The van der Waals surface area contributed by atoms with Crippen LogP contribution in [0.1, 0.15) is 10.4 Å². The first-order valence-corrected chi connectivity index (χ1v) is 6.69. The average molecular weight is 324 g/mol. The fourth-order valence-electron chi connectivity index (χ4n) is 2.14. The van der Waals surface area contributed by atoms with Gasteiger partial charge < -0.3 is 14.8 Å². The van der Waals surface area contributed by atoms with Crippen molar-refractivity contribution in [1.29, 1.82) is 0 Å². The summed E-state index contributed by atoms with van der Waals surface area (Å²) in [5, 5.41) is 2.68. The van der Waals surface area contributed by atoms with Gasteiger partial charge in [-0.2, -0.15) is 0 Å². The van der Waals surface area contributed by atoms with E-state index in [0.29, 0.717) is 35.7 Å². The molecule has 2 heterocycles. The normalized spacial score (nSPS) is 14.3. The van der Waals surface area contributed by atoms with Gasteiger partial charge in [0.25, 0.3) is 5.91 Å². The Balaban J connectivity index is 1.89. The molecule has 0 radical (unpaired) electrons. The summed E-state index contributed by atoms with van der Waals surface area (Å²) in [4.78, 5) is 16.1. The van der Waals surface area contributed by atoms with Crippen LogP contribution in [0.15, 0.2) is 36.5 Å². The highest BCUT2D eigenvalue weighted by Crippen LogP contribution is 2.28. The smallest absolute Gasteiger partial charge is 0.489 e. The minimum absolute atomic E-state index is 0.279. The number of carbonyl (C=O) groups is 1. The van der Waals surface area contributed by atoms with Gasteiger partial charge in [-0.3, -0.25) is 9.78 Å². The number of fused-ring (bicyclic) bond motifs is 1. The third-order valence-corrected chi connectivity index (χ3v) is 3.14. The SMILES string of the molecule is O=C1NCCOc2cnc(-c3ccc(OC(F)(F)F)cc3)cc21. The summed E-state index contributed by atoms with van der Waals surface area (Å²) in [6.07, 6.45) is -3.31. The first-order chi connectivity index (χ1) is 10.9. The second-order valence-electron chi connectivity index (χ2n) is 4.74. The molecule has 1 aliphatic rings. The van der Waals surface area contributed by atoms with E-state index >= 15 is 0 Å². The van der Waals surface area contributed by atoms with Crippen LogP contribution in [-0.4, -0.2) is 30.4 Å². The van der Waals surface area contributed by atoms with Crippen molar-refractivity contribution in [2.45, 2.75) is 6.36 Å². The number of amides is 1. The molecule has 1 aliphatic heterocycles. The maximum atomic E-state index is 12.1. The van der Waals surface area contributed by atoms with Gasteiger partial charge in [0.05, 0.1) is 24.0 Å². The van der Waals surface area contributed by atoms with Crippen LogP contribution < -0.4 is 14.8 Å². The molecule has 3 rings (SSSR count). The predicted octanol–water partition coefficient (Wildman–Crippen LogP) is 2.77. The molecular weight excluding hydrogens is 313 g/mol. The van der Waals surface area contributed by atoms with Crippen molar-refractivity contribution in [2.75, 3.05) is 13.2 Å². The summed E-state index contributed by atoms with van der Waals surface area (Å²) in [5.41, 5.74) is 1.34. The van der Waals surface area contributed by atoms with Crippen molar-refractivity contribution >= 4 is 5.91 Å². The van der Waals surface area contributed by atoms with Gasteiger partial charge >= 0.3 is 6.36 Å². The molecule has 0 spiro atoms. The molecule has 1 N–H and O–H groups in total. The van der Waals surface area contributed by atoms with Crippen LogP contribution in [0, 0.1) is 0 Å². The molecular formula is C15H11F3N2O3. The molecule has 1 aromatic carbocycles. The highest BCUT2D eigenvalue weighted by atomic mass is 19.4. The van der Waals surface area contributed by atoms with Gasteiger partial charge in [-0.25, -0.2) is 0 Å². The lowest BCUT2D eigenvalue weighted by molar-refractivity contribution is -0.274. The summed E-state index contributed by atoms with van der Waals surface area (Å²) < 4.78 is 45.6. The minimum Gasteiger partial charge on any atom is -0.489 e. The summed E-state index contributed by atoms with van der Waals surface area (Å²) in [7, 11) is 0. The number of pyridine rings is 1. The highest BCUT2D eigenvalue weighted by molar-refractivity contribution is 5.98. The van der Waals surface area contributed by atoms with E-state index in [1.54, 1.807) is 0 Å². The van der Waals surface area contributed by atoms with E-state index in [-0.39, 0.29) is 11.7 Å². The number of aromatic nitrogens is 1. The monoisotopic (exact) mass is 324 g/mol. The first-order valence-electron chi connectivity index (χ1n) is 6.69. The van der Waals surface area contributed by atoms with E-state index in [9.17, 15) is 18.0 Å². The molecule has 5 nitrogen and oxygen atoms in total. The molecule has 2 aromatic rings. The van der Waals surface area contributed by atoms with Crippen molar-refractivity contribution in [3.8, 4) is 22.8 Å². The Labute approximate surface area is 129 Å². The number of halogens is 3. The van der Waals surface area contributed by atoms with Crippen LogP contribution in [-0.2, 0) is 0 Å². The lowest BCUT2D eigenvalue weighted by Gasteiger charge is -2.10. The Hall–Kier alpha value is -2.77. The van der Waals surface area contributed by atoms with Gasteiger partial charge in [0, 0.05) is 5.56 Å². The fourth-order valence-corrected chi connectivity index (χ4v) is 2.14. The Morgan fingerprint density at radius 3 is 2.65 bits per heavy atom. The third kappa shape index (κ3) is 3.53. The van der Waals surface area contributed by atoms with Crippen LogP contribution >= 0.6 is 0 Å². The van der Waals surface area contributed by atoms with Crippen LogP contribution in [0.2, 0.25) is 0 Å². The Kier molecular flexibility index (Phi) is 3.81. The quantitative estimate of drug-likeness (QED) is 0.923. The molecule has 0 saturated carbocycles. The molecule has 23 heavy (non-hydrogen) atoms. The molecule has 0 aliphatic carbocycles. The molecule has 0 unspecified atom stereocenters. The van der Waals surface area contributed by atoms with E-state index < -0.39 is 6.36 Å². The Morgan fingerprint density at radius 2 is 1.96 bits per heavy atom. The first kappa shape index (κ1) is 15.1. The zero-order valence-electron chi connectivity index (χ0n) is 11.7. The number of nitrogens with zero attached hydrogens (tertiary/aromatic N) is 1. The van der Waals surface area contributed by atoms with Crippen molar-refractivity contribution in [3.05, 3.63) is 42.1 Å². The van der Waals surface area contributed by atoms with Crippen molar-refractivity contribution in [1.82, 2.24) is 10.3 Å². The third-order valence-electron chi connectivity index (χ3n) is 3.14. The molecule has 0 saturated heterocycles. The number of alkyl halides is 3. The van der Waals surface area contributed by atoms with Gasteiger partial charge in [-0.1, -0.05) is 0 Å². The Morgan fingerprint density at radius 1 is 1.22 bits per heavy atom. The van der Waals surface area contributed by atoms with Crippen LogP contribution in [0.3, 0.4) is 0 Å². The van der Waals surface area contributed by atoms with E-state index in [0.717, 1.165) is 0 Å². The van der Waals surface area contributed by atoms with E-state index in [1.165, 1.54) is 36.5 Å². The largest absolute Gasteiger partial charge is 0.573 e. The van der Waals surface area contributed by atoms with E-state index in [4.69, 9.17) is 4.74 Å². The zero-order chi connectivity index (χ0) is 16.4. The molecule has 0 fully saturated rings. The van der Waals surface area contributed by atoms with E-state index in [1.807, 2.05) is 0 Å². The van der Waals surface area contributed by atoms with Crippen LogP contribution in [0.5, 0.6) is 11.5 Å². The summed E-state index contributed by atoms with van der Waals surface area (Å²) in [6, 6.07) is 6.78. The minimum atomic E-state index is -4.74. The van der Waals surface area contributed by atoms with Gasteiger partial charge in [0.2, 0.25) is 0 Å². The number of rotatable bonds is 2. The number of benzene rings is 1. The fraction of sp³-hybridized carbons (Fsp3) is 0.200. The summed E-state index contributed by atoms with van der Waals surface area (Å²) >= 11 is 0. The van der Waals surface area contributed by atoms with E-state index in [2.05, 4.69) is 15.0 Å². The maximum Gasteiger partial charge on any atom is 0.573 e. The van der Waals surface area contributed by atoms with Crippen molar-refractivity contribution in [2.24, 2.45) is 0 Å². The standard InChI is InChI=1S/C15H11F3N2O3/c16-15(17,18)23-10-3-1-9(2-4-10)12-7-11-13(8-20-12)22-6-5-19-14(11)21/h1-4,7-8H,5-6H2,(H,19,21). The highest BCUT2D eigenvalue weighted by Gasteiger charge is 2.31. The molecule has 1 aromatic heterocycles. The van der Waals surface area contributed by atoms with Crippen molar-refractivity contribution < 1.29 is 27.4 Å². The zero-order valence-corrected chi connectivity index (χ0v) is 11.7. The van der Waals surface area contributed by atoms with Gasteiger partial charge in [0.15, 0.2) is 0 Å². The number of hydrogen-bond acceptors (Lipinski definition) is 4. The van der Waals surface area contributed by atoms with Crippen LogP contribution in [0.25, 0.3) is 11.3 Å². The van der Waals surface area contributed by atoms with Gasteiger partial charge in [-0.05, 0) is 30.3 Å². The Bertz CT molecular complexity index is 730. The van der Waals surface area contributed by atoms with Crippen LogP contribution in [0.4, 0.5) is 13.2 Å². The predicted molar refractivity (Wildman–Crippen MR) is 74.2 cm³/mol. The molecule has 0 bridgehead atoms. The lowest BCUT2D eigenvalue weighted by atomic mass is 10.1. The molecule has 120 valence electrons. The number of nitrogens with one attached hydrogen (secondary N) is 1.